The molecule has 104 valence electrons. The molecule has 0 atom stereocenters. The van der Waals surface area contributed by atoms with Gasteiger partial charge in [0.1, 0.15) is 0 Å². The first-order valence-electron chi connectivity index (χ1n) is 6.45. The average molecular weight is 264 g/mol. The molecule has 0 amide bonds. The van der Waals surface area contributed by atoms with Crippen LogP contribution in [0.25, 0.3) is 0 Å². The molecule has 0 aliphatic heterocycles. The highest BCUT2D eigenvalue weighted by atomic mass is 32.2. The summed E-state index contributed by atoms with van der Waals surface area (Å²) in [5.41, 5.74) is 0. The fraction of sp³-hybridized carbons (Fsp3) is 1.00. The van der Waals surface area contributed by atoms with E-state index < -0.39 is 10.0 Å². The van der Waals surface area contributed by atoms with E-state index >= 15 is 0 Å². The fourth-order valence-corrected chi connectivity index (χ4v) is 3.68. The Balaban J connectivity index is 4.40. The molecule has 17 heavy (non-hydrogen) atoms. The number of rotatable bonds is 9. The maximum atomic E-state index is 12.2. The SMILES string of the molecule is CNCCCCS(=O)(=O)N(CC(C)C)C(C)C. The highest BCUT2D eigenvalue weighted by Gasteiger charge is 2.24. The van der Waals surface area contributed by atoms with Crippen molar-refractivity contribution in [2.45, 2.75) is 46.6 Å². The molecule has 0 heterocycles. The molecule has 0 radical (unpaired) electrons. The Hall–Kier alpha value is -0.130. The number of hydrogen-bond donors (Lipinski definition) is 1. The maximum Gasteiger partial charge on any atom is 0.214 e. The van der Waals surface area contributed by atoms with Crippen LogP contribution in [0.5, 0.6) is 0 Å². The van der Waals surface area contributed by atoms with Crippen LogP contribution in [0.15, 0.2) is 0 Å². The van der Waals surface area contributed by atoms with Gasteiger partial charge in [-0.05, 0) is 46.2 Å². The highest BCUT2D eigenvalue weighted by Crippen LogP contribution is 2.12. The van der Waals surface area contributed by atoms with Crippen molar-refractivity contribution in [2.24, 2.45) is 5.92 Å². The van der Waals surface area contributed by atoms with Crippen LogP contribution >= 0.6 is 0 Å². The largest absolute Gasteiger partial charge is 0.320 e. The van der Waals surface area contributed by atoms with Crippen molar-refractivity contribution >= 4 is 10.0 Å². The molecule has 5 heteroatoms. The van der Waals surface area contributed by atoms with Gasteiger partial charge in [-0.2, -0.15) is 4.31 Å². The minimum Gasteiger partial charge on any atom is -0.320 e. The molecule has 0 rings (SSSR count). The predicted octanol–water partition coefficient (Wildman–Crippen LogP) is 1.68. The zero-order valence-corrected chi connectivity index (χ0v) is 12.7. The molecule has 0 aromatic rings. The van der Waals surface area contributed by atoms with Gasteiger partial charge in [0.25, 0.3) is 0 Å². The van der Waals surface area contributed by atoms with E-state index in [2.05, 4.69) is 5.32 Å². The molecule has 0 aliphatic rings. The zero-order chi connectivity index (χ0) is 13.5. The van der Waals surface area contributed by atoms with Gasteiger partial charge >= 0.3 is 0 Å². The molecule has 0 saturated carbocycles. The van der Waals surface area contributed by atoms with Gasteiger partial charge in [-0.15, -0.1) is 0 Å². The van der Waals surface area contributed by atoms with Gasteiger partial charge in [0, 0.05) is 12.6 Å². The molecule has 0 spiro atoms. The number of nitrogens with one attached hydrogen (secondary N) is 1. The summed E-state index contributed by atoms with van der Waals surface area (Å²) in [4.78, 5) is 0. The van der Waals surface area contributed by atoms with E-state index in [-0.39, 0.29) is 11.8 Å². The molecule has 4 nitrogen and oxygen atoms in total. The first kappa shape index (κ1) is 16.9. The highest BCUT2D eigenvalue weighted by molar-refractivity contribution is 7.89. The average Bonchev–Trinajstić information content (AvgIpc) is 2.20. The van der Waals surface area contributed by atoms with Crippen LogP contribution in [0, 0.1) is 5.92 Å². The molecule has 0 aromatic heterocycles. The normalized spacial score (nSPS) is 12.9. The minimum absolute atomic E-state index is 0.0479. The van der Waals surface area contributed by atoms with E-state index in [0.29, 0.717) is 12.5 Å². The summed E-state index contributed by atoms with van der Waals surface area (Å²) in [5, 5.41) is 3.03. The molecule has 0 aliphatic carbocycles. The van der Waals surface area contributed by atoms with E-state index in [1.807, 2.05) is 34.7 Å². The summed E-state index contributed by atoms with van der Waals surface area (Å²) in [5.74, 6) is 0.629. The number of sulfonamides is 1. The molecular weight excluding hydrogens is 236 g/mol. The van der Waals surface area contributed by atoms with Gasteiger partial charge in [-0.1, -0.05) is 13.8 Å². The van der Waals surface area contributed by atoms with E-state index in [9.17, 15) is 8.42 Å². The second-order valence-electron chi connectivity index (χ2n) is 5.18. The standard InChI is InChI=1S/C12H28N2O2S/c1-11(2)10-14(12(3)4)17(15,16)9-7-6-8-13-5/h11-13H,6-10H2,1-5H3. The van der Waals surface area contributed by atoms with Gasteiger partial charge in [0.15, 0.2) is 0 Å². The number of hydrogen-bond acceptors (Lipinski definition) is 3. The van der Waals surface area contributed by atoms with Crippen molar-refractivity contribution in [1.29, 1.82) is 0 Å². The van der Waals surface area contributed by atoms with Crippen molar-refractivity contribution in [3.63, 3.8) is 0 Å². The third-order valence-corrected chi connectivity index (χ3v) is 4.65. The Kier molecular flexibility index (Phi) is 8.00. The molecule has 1 N–H and O–H groups in total. The molecular formula is C12H28N2O2S. The lowest BCUT2D eigenvalue weighted by molar-refractivity contribution is 0.318. The van der Waals surface area contributed by atoms with E-state index in [4.69, 9.17) is 0 Å². The Labute approximate surface area is 107 Å². The van der Waals surface area contributed by atoms with Crippen LogP contribution in [0.1, 0.15) is 40.5 Å². The third kappa shape index (κ3) is 7.01. The number of unbranched alkanes of at least 4 members (excludes halogenated alkanes) is 1. The summed E-state index contributed by atoms with van der Waals surface area (Å²) in [7, 11) is -1.21. The summed E-state index contributed by atoms with van der Waals surface area (Å²) in [6.45, 7) is 9.46. The summed E-state index contributed by atoms with van der Waals surface area (Å²) < 4.78 is 26.0. The lowest BCUT2D eigenvalue weighted by atomic mass is 10.2. The minimum atomic E-state index is -3.09. The van der Waals surface area contributed by atoms with Crippen LogP contribution in [0.2, 0.25) is 0 Å². The van der Waals surface area contributed by atoms with Crippen LogP contribution < -0.4 is 5.32 Å². The molecule has 0 unspecified atom stereocenters. The smallest absolute Gasteiger partial charge is 0.214 e. The van der Waals surface area contributed by atoms with E-state index in [1.54, 1.807) is 4.31 Å². The van der Waals surface area contributed by atoms with Crippen LogP contribution in [-0.2, 0) is 10.0 Å². The predicted molar refractivity (Wildman–Crippen MR) is 73.6 cm³/mol. The van der Waals surface area contributed by atoms with Crippen molar-refractivity contribution in [1.82, 2.24) is 9.62 Å². The monoisotopic (exact) mass is 264 g/mol. The number of nitrogens with zero attached hydrogens (tertiary/aromatic N) is 1. The lowest BCUT2D eigenvalue weighted by Crippen LogP contribution is -2.40. The topological polar surface area (TPSA) is 49.4 Å². The Morgan fingerprint density at radius 1 is 1.12 bits per heavy atom. The Bertz CT molecular complexity index is 287. The maximum absolute atomic E-state index is 12.2. The van der Waals surface area contributed by atoms with Gasteiger partial charge in [-0.25, -0.2) is 8.42 Å². The molecule has 0 saturated heterocycles. The second kappa shape index (κ2) is 8.06. The summed E-state index contributed by atoms with van der Waals surface area (Å²) in [6, 6.07) is 0.0479. The van der Waals surface area contributed by atoms with Gasteiger partial charge < -0.3 is 5.32 Å². The van der Waals surface area contributed by atoms with Crippen molar-refractivity contribution in [3.8, 4) is 0 Å². The molecule has 0 aromatic carbocycles. The zero-order valence-electron chi connectivity index (χ0n) is 11.9. The van der Waals surface area contributed by atoms with Crippen molar-refractivity contribution < 1.29 is 8.42 Å². The quantitative estimate of drug-likeness (QED) is 0.645. The summed E-state index contributed by atoms with van der Waals surface area (Å²) in [6.07, 6.45) is 1.63. The van der Waals surface area contributed by atoms with Crippen molar-refractivity contribution in [3.05, 3.63) is 0 Å². The lowest BCUT2D eigenvalue weighted by Gasteiger charge is -2.27. The van der Waals surface area contributed by atoms with Gasteiger partial charge in [0.05, 0.1) is 5.75 Å². The van der Waals surface area contributed by atoms with Crippen LogP contribution in [0.3, 0.4) is 0 Å². The van der Waals surface area contributed by atoms with Crippen molar-refractivity contribution in [2.75, 3.05) is 25.9 Å². The molecule has 0 fully saturated rings. The first-order chi connectivity index (χ1) is 7.81. The molecule has 0 bridgehead atoms. The second-order valence-corrected chi connectivity index (χ2v) is 7.23. The Morgan fingerprint density at radius 2 is 1.71 bits per heavy atom. The fourth-order valence-electron chi connectivity index (χ4n) is 1.71. The van der Waals surface area contributed by atoms with Crippen LogP contribution in [0.4, 0.5) is 0 Å². The Morgan fingerprint density at radius 3 is 2.12 bits per heavy atom. The summed E-state index contributed by atoms with van der Waals surface area (Å²) >= 11 is 0. The van der Waals surface area contributed by atoms with Gasteiger partial charge in [0.2, 0.25) is 10.0 Å². The van der Waals surface area contributed by atoms with Crippen LogP contribution in [-0.4, -0.2) is 44.7 Å². The third-order valence-electron chi connectivity index (χ3n) is 2.56. The van der Waals surface area contributed by atoms with E-state index in [0.717, 1.165) is 19.4 Å². The van der Waals surface area contributed by atoms with Gasteiger partial charge in [-0.3, -0.25) is 0 Å². The first-order valence-corrected chi connectivity index (χ1v) is 8.06. The van der Waals surface area contributed by atoms with E-state index in [1.165, 1.54) is 0 Å².